The molecule has 0 amide bonds. The molecule has 1 unspecified atom stereocenters. The van der Waals surface area contributed by atoms with Crippen molar-refractivity contribution in [1.29, 1.82) is 0 Å². The van der Waals surface area contributed by atoms with Crippen molar-refractivity contribution in [2.24, 2.45) is 11.3 Å². The number of carbonyl (C=O) groups is 1. The summed E-state index contributed by atoms with van der Waals surface area (Å²) in [6.45, 7) is 27.7. The van der Waals surface area contributed by atoms with Gasteiger partial charge in [-0.1, -0.05) is 143 Å². The van der Waals surface area contributed by atoms with Crippen molar-refractivity contribution < 1.29 is 19.0 Å². The Balaban J connectivity index is 0.00000126. The molecule has 1 atom stereocenters. The second-order valence-electron chi connectivity index (χ2n) is 13.4. The summed E-state index contributed by atoms with van der Waals surface area (Å²) in [4.78, 5) is 12.2. The topological polar surface area (TPSA) is 44.8 Å². The first kappa shape index (κ1) is 41.5. The lowest BCUT2D eigenvalue weighted by Gasteiger charge is -2.30. The standard InChI is InChI=1S/C35H42O4.C4H10.2C2H6/c1-7-31(35(4,5)6)27-18-16-25(17-19-27)22-38-34-28-13-10-8-9-12-26(28)20-21-29-30(34)14-11-15-32(29)37-23-33(36)39-24(2)3;1-4(2)3;2*1-2/h8-11,13-20,24,31H,7,12,21-23H2,1-6H3;4H,1-3H3;2*1-2H3. The van der Waals surface area contributed by atoms with Gasteiger partial charge in [0.15, 0.2) is 6.61 Å². The molecule has 0 N–H and O–H groups in total. The van der Waals surface area contributed by atoms with Gasteiger partial charge in [0, 0.05) is 16.7 Å². The summed E-state index contributed by atoms with van der Waals surface area (Å²) in [6.07, 6.45) is 13.2. The molecule has 4 rings (SSSR count). The van der Waals surface area contributed by atoms with Crippen molar-refractivity contribution in [3.05, 3.63) is 106 Å². The van der Waals surface area contributed by atoms with E-state index in [0.29, 0.717) is 24.7 Å². The molecule has 47 heavy (non-hydrogen) atoms. The number of rotatable bonds is 9. The van der Waals surface area contributed by atoms with E-state index >= 15 is 0 Å². The van der Waals surface area contributed by atoms with E-state index < -0.39 is 0 Å². The van der Waals surface area contributed by atoms with E-state index in [1.165, 1.54) is 11.1 Å². The molecule has 2 aromatic carbocycles. The molecule has 0 radical (unpaired) electrons. The van der Waals surface area contributed by atoms with Gasteiger partial charge in [-0.15, -0.1) is 0 Å². The van der Waals surface area contributed by atoms with Gasteiger partial charge in [-0.3, -0.25) is 0 Å². The second kappa shape index (κ2) is 21.4. The van der Waals surface area contributed by atoms with Crippen molar-refractivity contribution in [2.45, 2.75) is 128 Å². The normalized spacial score (nSPS) is 14.0. The predicted octanol–water partition coefficient (Wildman–Crippen LogP) is 12.2. The number of ether oxygens (including phenoxy) is 3. The molecule has 2 aromatic rings. The molecule has 0 saturated carbocycles. The maximum Gasteiger partial charge on any atom is 0.344 e. The van der Waals surface area contributed by atoms with Gasteiger partial charge in [-0.2, -0.15) is 0 Å². The number of hydrogen-bond donors (Lipinski definition) is 0. The Kier molecular flexibility index (Phi) is 18.9. The first-order valence-corrected chi connectivity index (χ1v) is 17.8. The SMILES string of the molecule is CC.CC.CC(C)C.CCC(c1ccc(COC2=C3C=CC=CCC3=CCc3c(OCC(=O)OC(C)C)cccc32)cc1)C(C)(C)C. The third-order valence-electron chi connectivity index (χ3n) is 7.30. The van der Waals surface area contributed by atoms with Crippen LogP contribution in [0.4, 0.5) is 0 Å². The van der Waals surface area contributed by atoms with Gasteiger partial charge < -0.3 is 14.2 Å². The van der Waals surface area contributed by atoms with E-state index in [1.54, 1.807) is 0 Å². The first-order valence-electron chi connectivity index (χ1n) is 17.8. The fourth-order valence-electron chi connectivity index (χ4n) is 5.49. The highest BCUT2D eigenvalue weighted by Crippen LogP contribution is 2.40. The fraction of sp³-hybridized carbons (Fsp3) is 0.512. The molecule has 0 fully saturated rings. The number of benzene rings is 2. The Morgan fingerprint density at radius 1 is 0.851 bits per heavy atom. The van der Waals surface area contributed by atoms with Crippen molar-refractivity contribution in [1.82, 2.24) is 0 Å². The Labute approximate surface area is 288 Å². The van der Waals surface area contributed by atoms with Crippen LogP contribution in [0.25, 0.3) is 5.76 Å². The molecule has 260 valence electrons. The summed E-state index contributed by atoms with van der Waals surface area (Å²) in [6, 6.07) is 14.8. The quantitative estimate of drug-likeness (QED) is 0.255. The summed E-state index contributed by atoms with van der Waals surface area (Å²) in [5.74, 6) is 2.50. The van der Waals surface area contributed by atoms with Gasteiger partial charge in [-0.05, 0) is 73.1 Å². The smallest absolute Gasteiger partial charge is 0.344 e. The molecule has 4 heteroatoms. The van der Waals surface area contributed by atoms with Gasteiger partial charge in [0.2, 0.25) is 0 Å². The minimum atomic E-state index is -0.372. The van der Waals surface area contributed by atoms with Crippen LogP contribution in [0.2, 0.25) is 0 Å². The van der Waals surface area contributed by atoms with Crippen LogP contribution in [0.3, 0.4) is 0 Å². The molecule has 0 spiro atoms. The lowest BCUT2D eigenvalue weighted by atomic mass is 9.75. The Bertz CT molecular complexity index is 1330. The highest BCUT2D eigenvalue weighted by Gasteiger charge is 2.25. The minimum Gasteiger partial charge on any atom is -0.488 e. The van der Waals surface area contributed by atoms with Gasteiger partial charge in [-0.25, -0.2) is 4.79 Å². The summed E-state index contributed by atoms with van der Waals surface area (Å²) < 4.78 is 17.9. The molecule has 0 heterocycles. The zero-order valence-corrected chi connectivity index (χ0v) is 31.8. The Hall–Kier alpha value is -3.53. The van der Waals surface area contributed by atoms with Gasteiger partial charge in [0.25, 0.3) is 0 Å². The lowest BCUT2D eigenvalue weighted by Crippen LogP contribution is -2.19. The van der Waals surface area contributed by atoms with E-state index in [4.69, 9.17) is 14.2 Å². The lowest BCUT2D eigenvalue weighted by molar-refractivity contribution is -0.149. The van der Waals surface area contributed by atoms with E-state index in [1.807, 2.05) is 53.7 Å². The van der Waals surface area contributed by atoms with Crippen LogP contribution in [-0.4, -0.2) is 18.7 Å². The molecule has 2 aliphatic carbocycles. The van der Waals surface area contributed by atoms with Crippen LogP contribution >= 0.6 is 0 Å². The van der Waals surface area contributed by atoms with Crippen LogP contribution < -0.4 is 4.74 Å². The summed E-state index contributed by atoms with van der Waals surface area (Å²) >= 11 is 0. The average Bonchev–Trinajstić information content (AvgIpc) is 3.34. The average molecular weight is 645 g/mol. The van der Waals surface area contributed by atoms with Crippen LogP contribution in [0.5, 0.6) is 5.75 Å². The number of allylic oxidation sites excluding steroid dienone is 7. The van der Waals surface area contributed by atoms with Gasteiger partial charge >= 0.3 is 5.97 Å². The van der Waals surface area contributed by atoms with Crippen LogP contribution in [0.1, 0.15) is 131 Å². The molecule has 2 aliphatic rings. The fourth-order valence-corrected chi connectivity index (χ4v) is 5.49. The van der Waals surface area contributed by atoms with Crippen molar-refractivity contribution >= 4 is 11.7 Å². The second-order valence-corrected chi connectivity index (χ2v) is 13.4. The number of fused-ring (bicyclic) bond motifs is 2. The largest absolute Gasteiger partial charge is 0.488 e. The monoisotopic (exact) mass is 644 g/mol. The zero-order chi connectivity index (χ0) is 35.6. The molecular weight excluding hydrogens is 580 g/mol. The van der Waals surface area contributed by atoms with Crippen molar-refractivity contribution in [3.8, 4) is 5.75 Å². The number of esters is 1. The maximum absolute atomic E-state index is 12.2. The van der Waals surface area contributed by atoms with Crippen LogP contribution in [-0.2, 0) is 27.3 Å². The van der Waals surface area contributed by atoms with E-state index in [9.17, 15) is 4.79 Å². The van der Waals surface area contributed by atoms with Crippen molar-refractivity contribution in [2.75, 3.05) is 6.61 Å². The minimum absolute atomic E-state index is 0.125. The van der Waals surface area contributed by atoms with E-state index in [-0.39, 0.29) is 24.1 Å². The zero-order valence-electron chi connectivity index (χ0n) is 31.8. The maximum atomic E-state index is 12.2. The molecule has 0 saturated heterocycles. The number of carbonyl (C=O) groups excluding carboxylic acids is 1. The summed E-state index contributed by atoms with van der Waals surface area (Å²) in [5, 5.41) is 0. The van der Waals surface area contributed by atoms with Crippen molar-refractivity contribution in [3.63, 3.8) is 0 Å². The molecule has 0 bridgehead atoms. The van der Waals surface area contributed by atoms with Crippen LogP contribution in [0, 0.1) is 11.3 Å². The molecular formula is C43H64O4. The third-order valence-corrected chi connectivity index (χ3v) is 7.30. The first-order chi connectivity index (χ1) is 22.4. The van der Waals surface area contributed by atoms with E-state index in [0.717, 1.165) is 46.8 Å². The van der Waals surface area contributed by atoms with Gasteiger partial charge in [0.05, 0.1) is 6.10 Å². The van der Waals surface area contributed by atoms with E-state index in [2.05, 4.69) is 109 Å². The predicted molar refractivity (Wildman–Crippen MR) is 202 cm³/mol. The molecule has 4 nitrogen and oxygen atoms in total. The van der Waals surface area contributed by atoms with Crippen LogP contribution in [0.15, 0.2) is 84.0 Å². The molecule has 0 aromatic heterocycles. The summed E-state index contributed by atoms with van der Waals surface area (Å²) in [7, 11) is 0. The highest BCUT2D eigenvalue weighted by molar-refractivity contribution is 5.77. The Morgan fingerprint density at radius 2 is 1.49 bits per heavy atom. The molecule has 0 aliphatic heterocycles. The number of hydrogen-bond acceptors (Lipinski definition) is 4. The highest BCUT2D eigenvalue weighted by atomic mass is 16.6. The Morgan fingerprint density at radius 3 is 2.06 bits per heavy atom. The summed E-state index contributed by atoms with van der Waals surface area (Å²) in [5.41, 5.74) is 7.04. The van der Waals surface area contributed by atoms with Gasteiger partial charge in [0.1, 0.15) is 18.1 Å². The third kappa shape index (κ3) is 13.6.